The molecule has 2 aromatic rings. The maximum atomic E-state index is 13.0. The fourth-order valence-electron chi connectivity index (χ4n) is 2.49. The first-order valence-electron chi connectivity index (χ1n) is 8.43. The number of esters is 2. The van der Waals surface area contributed by atoms with Crippen molar-refractivity contribution in [2.75, 3.05) is 19.0 Å². The number of anilines is 1. The van der Waals surface area contributed by atoms with E-state index in [0.717, 1.165) is 25.5 Å². The molecule has 0 spiro atoms. The minimum Gasteiger partial charge on any atom is -0.465 e. The topological polar surface area (TPSA) is 99.5 Å². The zero-order valence-electron chi connectivity index (χ0n) is 16.3. The Bertz CT molecular complexity index is 1000. The van der Waals surface area contributed by atoms with Crippen molar-refractivity contribution < 1.29 is 37.0 Å². The third kappa shape index (κ3) is 4.59. The quantitative estimate of drug-likeness (QED) is 0.643. The van der Waals surface area contributed by atoms with Crippen molar-refractivity contribution in [2.45, 2.75) is 26.4 Å². The summed E-state index contributed by atoms with van der Waals surface area (Å²) in [6.45, 7) is 3.33. The van der Waals surface area contributed by atoms with Gasteiger partial charge in [-0.05, 0) is 18.9 Å². The lowest BCUT2D eigenvalue weighted by molar-refractivity contribution is -0.141. The van der Waals surface area contributed by atoms with Crippen molar-refractivity contribution in [3.63, 3.8) is 0 Å². The number of nitrogens with one attached hydrogen (secondary N) is 1. The van der Waals surface area contributed by atoms with Crippen LogP contribution in [-0.2, 0) is 22.7 Å². The molecule has 0 unspecified atom stereocenters. The fraction of sp³-hybridized carbons (Fsp3) is 0.412. The zero-order chi connectivity index (χ0) is 22.8. The Kier molecular flexibility index (Phi) is 7.14. The van der Waals surface area contributed by atoms with Crippen molar-refractivity contribution in [3.8, 4) is 0 Å². The SMILES string of the molecule is CCCOC(=O)c1c(NC(=O)c2c(Cl)c(C(F)(F)F)nn2C)sc(C(=O)OC)c1C. The van der Waals surface area contributed by atoms with Crippen LogP contribution in [0.1, 0.15) is 55.1 Å². The number of hydrogen-bond acceptors (Lipinski definition) is 7. The average molecular weight is 468 g/mol. The van der Waals surface area contributed by atoms with Crippen LogP contribution in [0.2, 0.25) is 5.02 Å². The second kappa shape index (κ2) is 9.04. The van der Waals surface area contributed by atoms with Gasteiger partial charge in [0, 0.05) is 7.05 Å². The number of aryl methyl sites for hydroxylation is 1. The van der Waals surface area contributed by atoms with Crippen LogP contribution in [0.3, 0.4) is 0 Å². The van der Waals surface area contributed by atoms with E-state index in [1.165, 1.54) is 6.92 Å². The zero-order valence-corrected chi connectivity index (χ0v) is 17.8. The van der Waals surface area contributed by atoms with Crippen LogP contribution in [0, 0.1) is 6.92 Å². The van der Waals surface area contributed by atoms with E-state index < -0.39 is 40.4 Å². The van der Waals surface area contributed by atoms with Gasteiger partial charge in [-0.25, -0.2) is 9.59 Å². The van der Waals surface area contributed by atoms with Crippen molar-refractivity contribution in [1.82, 2.24) is 9.78 Å². The first kappa shape index (κ1) is 23.7. The molecular weight excluding hydrogens is 451 g/mol. The van der Waals surface area contributed by atoms with Crippen LogP contribution in [0.15, 0.2) is 0 Å². The second-order valence-corrected chi connectivity index (χ2v) is 7.37. The van der Waals surface area contributed by atoms with E-state index in [2.05, 4.69) is 15.2 Å². The van der Waals surface area contributed by atoms with Gasteiger partial charge in [0.1, 0.15) is 20.6 Å². The Morgan fingerprint density at radius 2 is 1.90 bits per heavy atom. The van der Waals surface area contributed by atoms with E-state index >= 15 is 0 Å². The van der Waals surface area contributed by atoms with Gasteiger partial charge in [-0.3, -0.25) is 9.48 Å². The first-order chi connectivity index (χ1) is 13.9. The summed E-state index contributed by atoms with van der Waals surface area (Å²) in [7, 11) is 2.26. The number of rotatable bonds is 6. The number of methoxy groups -OCH3 is 1. The van der Waals surface area contributed by atoms with Crippen molar-refractivity contribution in [3.05, 3.63) is 32.4 Å². The normalized spacial score (nSPS) is 11.3. The van der Waals surface area contributed by atoms with Crippen LogP contribution in [0.4, 0.5) is 18.2 Å². The number of nitrogens with zero attached hydrogens (tertiary/aromatic N) is 2. The highest BCUT2D eigenvalue weighted by Gasteiger charge is 2.40. The van der Waals surface area contributed by atoms with Gasteiger partial charge in [0.2, 0.25) is 0 Å². The number of thiophene rings is 1. The molecule has 0 saturated heterocycles. The summed E-state index contributed by atoms with van der Waals surface area (Å²) in [5, 5.41) is 4.59. The molecule has 0 aliphatic carbocycles. The van der Waals surface area contributed by atoms with Gasteiger partial charge in [-0.2, -0.15) is 18.3 Å². The van der Waals surface area contributed by atoms with Crippen LogP contribution in [0.5, 0.6) is 0 Å². The summed E-state index contributed by atoms with van der Waals surface area (Å²) in [6.07, 6.45) is -4.33. The van der Waals surface area contributed by atoms with Crippen LogP contribution in [-0.4, -0.2) is 41.3 Å². The molecule has 0 atom stereocenters. The van der Waals surface area contributed by atoms with E-state index in [4.69, 9.17) is 16.3 Å². The highest BCUT2D eigenvalue weighted by atomic mass is 35.5. The number of aromatic nitrogens is 2. The third-order valence-corrected chi connectivity index (χ3v) is 5.40. The van der Waals surface area contributed by atoms with E-state index in [9.17, 15) is 27.6 Å². The van der Waals surface area contributed by atoms with Crippen LogP contribution < -0.4 is 5.32 Å². The smallest absolute Gasteiger partial charge is 0.436 e. The molecule has 2 aromatic heterocycles. The molecule has 30 heavy (non-hydrogen) atoms. The Morgan fingerprint density at radius 1 is 1.27 bits per heavy atom. The summed E-state index contributed by atoms with van der Waals surface area (Å²) in [5.41, 5.74) is -1.88. The number of carbonyl (C=O) groups excluding carboxylic acids is 3. The Balaban J connectivity index is 2.49. The van der Waals surface area contributed by atoms with Gasteiger partial charge in [0.05, 0.1) is 19.3 Å². The Morgan fingerprint density at radius 3 is 2.40 bits per heavy atom. The minimum atomic E-state index is -4.86. The van der Waals surface area contributed by atoms with Gasteiger partial charge < -0.3 is 14.8 Å². The molecule has 2 rings (SSSR count). The molecule has 1 N–H and O–H groups in total. The van der Waals surface area contributed by atoms with Gasteiger partial charge in [-0.15, -0.1) is 11.3 Å². The lowest BCUT2D eigenvalue weighted by atomic mass is 10.1. The predicted octanol–water partition coefficient (Wildman–Crippen LogP) is 4.07. The summed E-state index contributed by atoms with van der Waals surface area (Å²) >= 11 is 6.45. The number of carbonyl (C=O) groups is 3. The first-order valence-corrected chi connectivity index (χ1v) is 9.63. The molecule has 164 valence electrons. The highest BCUT2D eigenvalue weighted by molar-refractivity contribution is 7.18. The number of ether oxygens (including phenoxy) is 2. The van der Waals surface area contributed by atoms with Crippen molar-refractivity contribution in [2.24, 2.45) is 7.05 Å². The number of alkyl halides is 3. The van der Waals surface area contributed by atoms with E-state index in [-0.39, 0.29) is 27.6 Å². The van der Waals surface area contributed by atoms with E-state index in [1.807, 2.05) is 0 Å². The number of halogens is 4. The van der Waals surface area contributed by atoms with Gasteiger partial charge in [0.15, 0.2) is 5.69 Å². The van der Waals surface area contributed by atoms with Gasteiger partial charge in [0.25, 0.3) is 5.91 Å². The predicted molar refractivity (Wildman–Crippen MR) is 102 cm³/mol. The molecule has 0 aliphatic rings. The summed E-state index contributed by atoms with van der Waals surface area (Å²) in [6, 6.07) is 0. The third-order valence-electron chi connectivity index (χ3n) is 3.86. The fourth-order valence-corrected chi connectivity index (χ4v) is 3.95. The molecule has 8 nitrogen and oxygen atoms in total. The monoisotopic (exact) mass is 467 g/mol. The van der Waals surface area contributed by atoms with Crippen LogP contribution in [0.25, 0.3) is 0 Å². The Hall–Kier alpha value is -2.60. The standard InChI is InChI=1S/C17H17ClF3N3O5S/c1-5-6-29-15(26)8-7(2)11(16(27)28-4)30-14(8)22-13(25)10-9(18)12(17(19,20)21)23-24(10)3/h5-6H2,1-4H3,(H,22,25). The van der Waals surface area contributed by atoms with Gasteiger partial charge >= 0.3 is 18.1 Å². The molecular formula is C17H17ClF3N3O5S. The molecule has 0 saturated carbocycles. The summed E-state index contributed by atoms with van der Waals surface area (Å²) in [4.78, 5) is 37.1. The number of hydrogen-bond donors (Lipinski definition) is 1. The molecule has 2 heterocycles. The molecule has 0 bridgehead atoms. The number of amides is 1. The molecule has 0 radical (unpaired) electrons. The largest absolute Gasteiger partial charge is 0.465 e. The second-order valence-electron chi connectivity index (χ2n) is 5.97. The average Bonchev–Trinajstić information content (AvgIpc) is 3.14. The van der Waals surface area contributed by atoms with Crippen molar-refractivity contribution in [1.29, 1.82) is 0 Å². The maximum Gasteiger partial charge on any atom is 0.436 e. The molecule has 13 heteroatoms. The molecule has 0 aromatic carbocycles. The van der Waals surface area contributed by atoms with Crippen molar-refractivity contribution >= 4 is 45.8 Å². The summed E-state index contributed by atoms with van der Waals surface area (Å²) < 4.78 is 49.4. The Labute approximate surface area is 177 Å². The van der Waals surface area contributed by atoms with E-state index in [1.54, 1.807) is 6.92 Å². The van der Waals surface area contributed by atoms with E-state index in [0.29, 0.717) is 11.1 Å². The lowest BCUT2D eigenvalue weighted by Gasteiger charge is -2.08. The lowest BCUT2D eigenvalue weighted by Crippen LogP contribution is -2.18. The molecule has 1 amide bonds. The minimum absolute atomic E-state index is 0.0309. The molecule has 0 aliphatic heterocycles. The maximum absolute atomic E-state index is 13.0. The molecule has 0 fully saturated rings. The van der Waals surface area contributed by atoms with Crippen LogP contribution >= 0.6 is 22.9 Å². The van der Waals surface area contributed by atoms with Gasteiger partial charge in [-0.1, -0.05) is 18.5 Å². The highest BCUT2D eigenvalue weighted by Crippen LogP contribution is 2.37. The summed E-state index contributed by atoms with van der Waals surface area (Å²) in [5.74, 6) is -2.60.